The topological polar surface area (TPSA) is 55.4 Å². The van der Waals surface area contributed by atoms with Gasteiger partial charge in [-0.2, -0.15) is 0 Å². The lowest BCUT2D eigenvalue weighted by Gasteiger charge is -2.09. The van der Waals surface area contributed by atoms with Crippen LogP contribution in [0.5, 0.6) is 0 Å². The number of rotatable bonds is 6. The number of nitrogens with one attached hydrogen (secondary N) is 1. The van der Waals surface area contributed by atoms with Crippen molar-refractivity contribution in [3.8, 4) is 0 Å². The maximum absolute atomic E-state index is 14.0. The van der Waals surface area contributed by atoms with Gasteiger partial charge < -0.3 is 10.1 Å². The minimum Gasteiger partial charge on any atom is -0.461 e. The second-order valence-electron chi connectivity index (χ2n) is 5.38. The van der Waals surface area contributed by atoms with E-state index >= 15 is 0 Å². The van der Waals surface area contributed by atoms with Crippen molar-refractivity contribution in [3.63, 3.8) is 0 Å². The molecule has 146 valence electrons. The van der Waals surface area contributed by atoms with Crippen LogP contribution in [-0.2, 0) is 14.3 Å². The summed E-state index contributed by atoms with van der Waals surface area (Å²) in [4.78, 5) is 24.4. The predicted octanol–water partition coefficient (Wildman–Crippen LogP) is 5.52. The molecule has 0 atom stereocenters. The van der Waals surface area contributed by atoms with Crippen LogP contribution in [0.25, 0.3) is 12.2 Å². The van der Waals surface area contributed by atoms with Crippen molar-refractivity contribution in [1.82, 2.24) is 5.32 Å². The maximum Gasteiger partial charge on any atom is 0.354 e. The number of ether oxygens (including phenoxy) is 1. The van der Waals surface area contributed by atoms with Gasteiger partial charge in [-0.25, -0.2) is 9.18 Å². The molecule has 2 aromatic rings. The summed E-state index contributed by atoms with van der Waals surface area (Å²) in [6, 6.07) is 9.02. The van der Waals surface area contributed by atoms with Crippen LogP contribution in [-0.4, -0.2) is 18.5 Å². The third kappa shape index (κ3) is 5.83. The number of amides is 1. The first-order chi connectivity index (χ1) is 13.3. The molecular weight excluding hydrogens is 428 g/mol. The van der Waals surface area contributed by atoms with E-state index in [-0.39, 0.29) is 27.9 Å². The average molecular weight is 443 g/mol. The molecule has 4 nitrogen and oxygen atoms in total. The minimum absolute atomic E-state index is 0.0469. The Labute approximate surface area is 176 Å². The van der Waals surface area contributed by atoms with E-state index in [9.17, 15) is 14.0 Å². The van der Waals surface area contributed by atoms with Crippen LogP contribution in [0, 0.1) is 5.82 Å². The Morgan fingerprint density at radius 2 is 1.79 bits per heavy atom. The van der Waals surface area contributed by atoms with Crippen molar-refractivity contribution >= 4 is 58.8 Å². The normalized spacial score (nSPS) is 11.5. The number of carbonyl (C=O) groups is 2. The van der Waals surface area contributed by atoms with Gasteiger partial charge in [0.15, 0.2) is 0 Å². The van der Waals surface area contributed by atoms with Gasteiger partial charge in [0.1, 0.15) is 11.5 Å². The van der Waals surface area contributed by atoms with E-state index in [1.54, 1.807) is 25.1 Å². The fourth-order valence-electron chi connectivity index (χ4n) is 2.14. The molecule has 0 bridgehead atoms. The van der Waals surface area contributed by atoms with Gasteiger partial charge in [0.05, 0.1) is 21.7 Å². The van der Waals surface area contributed by atoms with E-state index in [0.717, 1.165) is 12.2 Å². The first-order valence-electron chi connectivity index (χ1n) is 8.09. The van der Waals surface area contributed by atoms with E-state index in [0.29, 0.717) is 10.6 Å². The first kappa shape index (κ1) is 22.0. The van der Waals surface area contributed by atoms with Gasteiger partial charge in [-0.15, -0.1) is 0 Å². The zero-order chi connectivity index (χ0) is 20.7. The van der Waals surface area contributed by atoms with Crippen LogP contribution in [0.3, 0.4) is 0 Å². The average Bonchev–Trinajstić information content (AvgIpc) is 2.65. The highest BCUT2D eigenvalue weighted by Crippen LogP contribution is 2.26. The molecule has 2 aromatic carbocycles. The lowest BCUT2D eigenvalue weighted by Crippen LogP contribution is -2.27. The molecule has 0 radical (unpaired) electrons. The number of benzene rings is 2. The van der Waals surface area contributed by atoms with Crippen LogP contribution in [0.4, 0.5) is 4.39 Å². The molecule has 0 saturated heterocycles. The van der Waals surface area contributed by atoms with E-state index < -0.39 is 17.7 Å². The molecule has 0 unspecified atom stereocenters. The number of halogens is 4. The number of carbonyl (C=O) groups excluding carboxylic acids is 2. The standard InChI is InChI=1S/C20H15Cl3FNO3/c1-2-28-20(27)17(11-13-14(21)6-4-8-16(13)24)25-18(26)10-9-12-5-3-7-15(22)19(12)23/h3-11H,2H2,1H3,(H,25,26)/b10-9+,17-11-. The minimum atomic E-state index is -0.829. The highest BCUT2D eigenvalue weighted by Gasteiger charge is 2.15. The van der Waals surface area contributed by atoms with Crippen molar-refractivity contribution in [1.29, 1.82) is 0 Å². The van der Waals surface area contributed by atoms with Crippen LogP contribution >= 0.6 is 34.8 Å². The van der Waals surface area contributed by atoms with Crippen molar-refractivity contribution in [2.45, 2.75) is 6.92 Å². The van der Waals surface area contributed by atoms with Gasteiger partial charge in [-0.05, 0) is 42.8 Å². The Bertz CT molecular complexity index is 937. The Kier molecular flexibility index (Phi) is 8.05. The molecule has 0 spiro atoms. The van der Waals surface area contributed by atoms with Crippen LogP contribution in [0.2, 0.25) is 15.1 Å². The number of hydrogen-bond acceptors (Lipinski definition) is 3. The van der Waals surface area contributed by atoms with Gasteiger partial charge in [0, 0.05) is 11.6 Å². The van der Waals surface area contributed by atoms with E-state index in [2.05, 4.69) is 5.32 Å². The summed E-state index contributed by atoms with van der Waals surface area (Å²) in [6.07, 6.45) is 3.71. The molecule has 0 heterocycles. The summed E-state index contributed by atoms with van der Waals surface area (Å²) in [5, 5.41) is 3.07. The lowest BCUT2D eigenvalue weighted by molar-refractivity contribution is -0.139. The van der Waals surface area contributed by atoms with Crippen LogP contribution < -0.4 is 5.32 Å². The largest absolute Gasteiger partial charge is 0.461 e. The number of hydrogen-bond donors (Lipinski definition) is 1. The molecular formula is C20H15Cl3FNO3. The molecule has 0 fully saturated rings. The summed E-state index contributed by atoms with van der Waals surface area (Å²) < 4.78 is 18.9. The molecule has 0 aromatic heterocycles. The maximum atomic E-state index is 14.0. The zero-order valence-corrected chi connectivity index (χ0v) is 16.9. The summed E-state index contributed by atoms with van der Waals surface area (Å²) in [5.41, 5.74) is 0.207. The molecule has 0 aliphatic rings. The summed E-state index contributed by atoms with van der Waals surface area (Å²) in [7, 11) is 0. The molecule has 1 amide bonds. The number of esters is 1. The van der Waals surface area contributed by atoms with E-state index in [1.807, 2.05) is 0 Å². The third-order valence-corrected chi connectivity index (χ3v) is 4.60. The molecule has 0 aliphatic heterocycles. The van der Waals surface area contributed by atoms with Crippen LogP contribution in [0.15, 0.2) is 48.2 Å². The fraction of sp³-hybridized carbons (Fsp3) is 0.100. The van der Waals surface area contributed by atoms with Gasteiger partial charge in [0.25, 0.3) is 0 Å². The first-order valence-corrected chi connectivity index (χ1v) is 9.22. The molecule has 28 heavy (non-hydrogen) atoms. The summed E-state index contributed by atoms with van der Waals surface area (Å²) in [5.74, 6) is -2.13. The van der Waals surface area contributed by atoms with Crippen molar-refractivity contribution in [2.24, 2.45) is 0 Å². The Hall–Kier alpha value is -2.34. The monoisotopic (exact) mass is 441 g/mol. The fourth-order valence-corrected chi connectivity index (χ4v) is 2.73. The zero-order valence-electron chi connectivity index (χ0n) is 14.6. The van der Waals surface area contributed by atoms with Gasteiger partial charge >= 0.3 is 5.97 Å². The van der Waals surface area contributed by atoms with Gasteiger partial charge in [-0.1, -0.05) is 53.0 Å². The Morgan fingerprint density at radius 1 is 1.11 bits per heavy atom. The Morgan fingerprint density at radius 3 is 2.46 bits per heavy atom. The van der Waals surface area contributed by atoms with Crippen LogP contribution in [0.1, 0.15) is 18.1 Å². The van der Waals surface area contributed by atoms with Crippen molar-refractivity contribution < 1.29 is 18.7 Å². The molecule has 0 aliphatic carbocycles. The quantitative estimate of drug-likeness (QED) is 0.473. The lowest BCUT2D eigenvalue weighted by atomic mass is 10.1. The third-order valence-electron chi connectivity index (χ3n) is 3.44. The summed E-state index contributed by atoms with van der Waals surface area (Å²) >= 11 is 18.0. The van der Waals surface area contributed by atoms with E-state index in [4.69, 9.17) is 39.5 Å². The molecule has 0 saturated carbocycles. The SMILES string of the molecule is CCOC(=O)/C(=C/c1c(F)cccc1Cl)NC(=O)/C=C/c1cccc(Cl)c1Cl. The van der Waals surface area contributed by atoms with E-state index in [1.165, 1.54) is 24.3 Å². The van der Waals surface area contributed by atoms with Crippen molar-refractivity contribution in [3.05, 3.63) is 80.2 Å². The second-order valence-corrected chi connectivity index (χ2v) is 6.57. The predicted molar refractivity (Wildman–Crippen MR) is 110 cm³/mol. The highest BCUT2D eigenvalue weighted by atomic mass is 35.5. The summed E-state index contributed by atoms with van der Waals surface area (Å²) in [6.45, 7) is 1.68. The van der Waals surface area contributed by atoms with Crippen molar-refractivity contribution in [2.75, 3.05) is 6.61 Å². The molecule has 8 heteroatoms. The van der Waals surface area contributed by atoms with Gasteiger partial charge in [-0.3, -0.25) is 4.79 Å². The second kappa shape index (κ2) is 10.3. The highest BCUT2D eigenvalue weighted by molar-refractivity contribution is 6.42. The Balaban J connectivity index is 2.29. The van der Waals surface area contributed by atoms with Gasteiger partial charge in [0.2, 0.25) is 5.91 Å². The smallest absolute Gasteiger partial charge is 0.354 e. The molecule has 1 N–H and O–H groups in total. The molecule has 2 rings (SSSR count).